The molecule has 1 unspecified atom stereocenters. The summed E-state index contributed by atoms with van der Waals surface area (Å²) < 4.78 is 2.19. The zero-order chi connectivity index (χ0) is 14.7. The Labute approximate surface area is 138 Å². The van der Waals surface area contributed by atoms with Gasteiger partial charge >= 0.3 is 0 Å². The molecule has 0 radical (unpaired) electrons. The molecule has 2 aromatic carbocycles. The lowest BCUT2D eigenvalue weighted by Gasteiger charge is -2.22. The Morgan fingerprint density at radius 1 is 1.05 bits per heavy atom. The number of halogens is 2. The van der Waals surface area contributed by atoms with E-state index in [1.54, 1.807) is 0 Å². The van der Waals surface area contributed by atoms with E-state index >= 15 is 0 Å². The molecule has 0 bridgehead atoms. The van der Waals surface area contributed by atoms with Gasteiger partial charge in [0.05, 0.1) is 6.04 Å². The van der Waals surface area contributed by atoms with E-state index < -0.39 is 0 Å². The van der Waals surface area contributed by atoms with Gasteiger partial charge in [-0.05, 0) is 60.8 Å². The molecule has 1 nitrogen and oxygen atoms in total. The van der Waals surface area contributed by atoms with Crippen molar-refractivity contribution >= 4 is 31.9 Å². The third-order valence-corrected chi connectivity index (χ3v) is 4.50. The molecule has 20 heavy (non-hydrogen) atoms. The van der Waals surface area contributed by atoms with Crippen molar-refractivity contribution in [2.24, 2.45) is 0 Å². The van der Waals surface area contributed by atoms with Gasteiger partial charge in [-0.2, -0.15) is 0 Å². The van der Waals surface area contributed by atoms with Gasteiger partial charge in [0.1, 0.15) is 0 Å². The molecule has 1 atom stereocenters. The summed E-state index contributed by atoms with van der Waals surface area (Å²) in [6, 6.07) is 13.2. The Morgan fingerprint density at radius 3 is 2.30 bits per heavy atom. The molecular formula is C17H19Br2N. The van der Waals surface area contributed by atoms with E-state index in [-0.39, 0.29) is 6.04 Å². The quantitative estimate of drug-likeness (QED) is 0.716. The van der Waals surface area contributed by atoms with Crippen molar-refractivity contribution in [3.8, 4) is 0 Å². The topological polar surface area (TPSA) is 12.0 Å². The highest BCUT2D eigenvalue weighted by molar-refractivity contribution is 9.11. The lowest BCUT2D eigenvalue weighted by molar-refractivity contribution is 0.626. The molecule has 1 N–H and O–H groups in total. The Balaban J connectivity index is 2.53. The zero-order valence-electron chi connectivity index (χ0n) is 12.0. The molecule has 0 amide bonds. The molecule has 0 fully saturated rings. The fraction of sp³-hybridized carbons (Fsp3) is 0.294. The van der Waals surface area contributed by atoms with Gasteiger partial charge in [-0.15, -0.1) is 0 Å². The van der Waals surface area contributed by atoms with Crippen LogP contribution in [0.15, 0.2) is 45.3 Å². The maximum Gasteiger partial charge on any atom is 0.0580 e. The first-order valence-corrected chi connectivity index (χ1v) is 8.37. The standard InChI is InChI=1S/C17H19Br2N/c1-4-20-17(13-8-14(18)10-15(19)9-13)16-7-5-6-11(2)12(16)3/h5-10,17,20H,4H2,1-3H3. The predicted molar refractivity (Wildman–Crippen MR) is 93.3 cm³/mol. The van der Waals surface area contributed by atoms with Crippen LogP contribution in [-0.2, 0) is 0 Å². The highest BCUT2D eigenvalue weighted by Gasteiger charge is 2.16. The van der Waals surface area contributed by atoms with Crippen LogP contribution < -0.4 is 5.32 Å². The Bertz CT molecular complexity index is 588. The molecular weight excluding hydrogens is 378 g/mol. The number of hydrogen-bond donors (Lipinski definition) is 1. The van der Waals surface area contributed by atoms with Crippen molar-refractivity contribution in [2.75, 3.05) is 6.54 Å². The van der Waals surface area contributed by atoms with Crippen LogP contribution in [-0.4, -0.2) is 6.54 Å². The first kappa shape index (κ1) is 15.7. The molecule has 0 saturated carbocycles. The molecule has 0 aliphatic rings. The number of aryl methyl sites for hydroxylation is 1. The second kappa shape index (κ2) is 6.88. The third-order valence-electron chi connectivity index (χ3n) is 3.58. The lowest BCUT2D eigenvalue weighted by Crippen LogP contribution is -2.23. The van der Waals surface area contributed by atoms with Crippen molar-refractivity contribution in [1.29, 1.82) is 0 Å². The van der Waals surface area contributed by atoms with Gasteiger partial charge in [0, 0.05) is 8.95 Å². The van der Waals surface area contributed by atoms with E-state index in [0.717, 1.165) is 15.5 Å². The summed E-state index contributed by atoms with van der Waals surface area (Å²) in [6.07, 6.45) is 0. The third kappa shape index (κ3) is 3.51. The molecule has 2 aromatic rings. The summed E-state index contributed by atoms with van der Waals surface area (Å²) in [7, 11) is 0. The van der Waals surface area contributed by atoms with Gasteiger partial charge in [0.15, 0.2) is 0 Å². The van der Waals surface area contributed by atoms with Crippen LogP contribution in [0.3, 0.4) is 0 Å². The van der Waals surface area contributed by atoms with Crippen LogP contribution in [0.25, 0.3) is 0 Å². The summed E-state index contributed by atoms with van der Waals surface area (Å²) >= 11 is 7.16. The normalized spacial score (nSPS) is 12.4. The maximum atomic E-state index is 3.60. The van der Waals surface area contributed by atoms with Crippen LogP contribution in [0.5, 0.6) is 0 Å². The lowest BCUT2D eigenvalue weighted by atomic mass is 9.92. The second-order valence-corrected chi connectivity index (χ2v) is 6.81. The van der Waals surface area contributed by atoms with Crippen LogP contribution in [0.2, 0.25) is 0 Å². The fourth-order valence-electron chi connectivity index (χ4n) is 2.44. The summed E-state index contributed by atoms with van der Waals surface area (Å²) in [5.74, 6) is 0. The minimum atomic E-state index is 0.216. The maximum absolute atomic E-state index is 3.60. The smallest absolute Gasteiger partial charge is 0.0580 e. The molecule has 0 heterocycles. The van der Waals surface area contributed by atoms with Gasteiger partial charge in [0.25, 0.3) is 0 Å². The van der Waals surface area contributed by atoms with E-state index in [2.05, 4.69) is 94.3 Å². The van der Waals surface area contributed by atoms with Crippen molar-refractivity contribution in [1.82, 2.24) is 5.32 Å². The van der Waals surface area contributed by atoms with E-state index in [1.165, 1.54) is 22.3 Å². The molecule has 0 aromatic heterocycles. The first-order valence-electron chi connectivity index (χ1n) is 6.78. The SMILES string of the molecule is CCNC(c1cc(Br)cc(Br)c1)c1cccc(C)c1C. The molecule has 0 saturated heterocycles. The van der Waals surface area contributed by atoms with Crippen molar-refractivity contribution < 1.29 is 0 Å². The second-order valence-electron chi connectivity index (χ2n) is 4.98. The summed E-state index contributed by atoms with van der Waals surface area (Å²) in [6.45, 7) is 7.44. The van der Waals surface area contributed by atoms with E-state index in [0.29, 0.717) is 0 Å². The Hall–Kier alpha value is -0.640. The highest BCUT2D eigenvalue weighted by Crippen LogP contribution is 2.30. The molecule has 0 aliphatic carbocycles. The van der Waals surface area contributed by atoms with Crippen molar-refractivity contribution in [2.45, 2.75) is 26.8 Å². The molecule has 0 aliphatic heterocycles. The average molecular weight is 397 g/mol. The van der Waals surface area contributed by atoms with Crippen LogP contribution in [0, 0.1) is 13.8 Å². The number of rotatable bonds is 4. The fourth-order valence-corrected chi connectivity index (χ4v) is 3.77. The van der Waals surface area contributed by atoms with E-state index in [1.807, 2.05) is 0 Å². The summed E-state index contributed by atoms with van der Waals surface area (Å²) in [4.78, 5) is 0. The minimum Gasteiger partial charge on any atom is -0.307 e. The van der Waals surface area contributed by atoms with Gasteiger partial charge in [0.2, 0.25) is 0 Å². The number of hydrogen-bond acceptors (Lipinski definition) is 1. The van der Waals surface area contributed by atoms with Crippen molar-refractivity contribution in [3.63, 3.8) is 0 Å². The molecule has 106 valence electrons. The molecule has 2 rings (SSSR count). The predicted octanol–water partition coefficient (Wildman–Crippen LogP) is 5.53. The van der Waals surface area contributed by atoms with Crippen LogP contribution >= 0.6 is 31.9 Å². The highest BCUT2D eigenvalue weighted by atomic mass is 79.9. The van der Waals surface area contributed by atoms with Gasteiger partial charge < -0.3 is 5.32 Å². The average Bonchev–Trinajstić information content (AvgIpc) is 2.38. The summed E-state index contributed by atoms with van der Waals surface area (Å²) in [5.41, 5.74) is 5.30. The summed E-state index contributed by atoms with van der Waals surface area (Å²) in [5, 5.41) is 3.60. The number of benzene rings is 2. The molecule has 3 heteroatoms. The monoisotopic (exact) mass is 395 g/mol. The van der Waals surface area contributed by atoms with Crippen molar-refractivity contribution in [3.05, 3.63) is 67.6 Å². The van der Waals surface area contributed by atoms with Gasteiger partial charge in [-0.25, -0.2) is 0 Å². The largest absolute Gasteiger partial charge is 0.307 e. The van der Waals surface area contributed by atoms with Crippen LogP contribution in [0.1, 0.15) is 35.2 Å². The van der Waals surface area contributed by atoms with Crippen LogP contribution in [0.4, 0.5) is 0 Å². The Kier molecular flexibility index (Phi) is 5.42. The zero-order valence-corrected chi connectivity index (χ0v) is 15.2. The molecule has 0 spiro atoms. The number of nitrogens with one attached hydrogen (secondary N) is 1. The first-order chi connectivity index (χ1) is 9.52. The van der Waals surface area contributed by atoms with Gasteiger partial charge in [-0.3, -0.25) is 0 Å². The van der Waals surface area contributed by atoms with E-state index in [4.69, 9.17) is 0 Å². The Morgan fingerprint density at radius 2 is 1.70 bits per heavy atom. The minimum absolute atomic E-state index is 0.216. The van der Waals surface area contributed by atoms with E-state index in [9.17, 15) is 0 Å². The van der Waals surface area contributed by atoms with Gasteiger partial charge in [-0.1, -0.05) is 57.0 Å².